The number of ether oxygens (including phenoxy) is 1. The molecule has 0 saturated heterocycles. The molecule has 1 aliphatic heterocycles. The molecule has 1 aromatic rings. The zero-order valence-corrected chi connectivity index (χ0v) is 9.58. The van der Waals surface area contributed by atoms with Crippen LogP contribution in [0, 0.1) is 0 Å². The van der Waals surface area contributed by atoms with Crippen LogP contribution in [0.5, 0.6) is 5.75 Å². The number of ketones is 1. The van der Waals surface area contributed by atoms with Gasteiger partial charge in [-0.15, -0.1) is 0 Å². The molecule has 0 amide bonds. The van der Waals surface area contributed by atoms with Gasteiger partial charge in [-0.05, 0) is 42.9 Å². The average molecular weight is 216 g/mol. The van der Waals surface area contributed by atoms with Gasteiger partial charge in [-0.2, -0.15) is 0 Å². The number of benzene rings is 1. The maximum absolute atomic E-state index is 11.3. The molecule has 1 aliphatic carbocycles. The normalized spacial score (nSPS) is 21.4. The van der Waals surface area contributed by atoms with Gasteiger partial charge in [0.15, 0.2) is 0 Å². The van der Waals surface area contributed by atoms with E-state index in [0.717, 1.165) is 31.6 Å². The van der Waals surface area contributed by atoms with E-state index < -0.39 is 0 Å². The van der Waals surface area contributed by atoms with Crippen molar-refractivity contribution in [3.8, 4) is 5.75 Å². The van der Waals surface area contributed by atoms with Crippen LogP contribution >= 0.6 is 0 Å². The quantitative estimate of drug-likeness (QED) is 0.759. The number of rotatable bonds is 2. The van der Waals surface area contributed by atoms with E-state index in [1.54, 1.807) is 6.92 Å². The molecule has 0 unspecified atom stereocenters. The highest BCUT2D eigenvalue weighted by Gasteiger charge is 2.29. The minimum atomic E-state index is 0.300. The molecule has 3 rings (SSSR count). The van der Waals surface area contributed by atoms with E-state index in [1.165, 1.54) is 16.7 Å². The minimum Gasteiger partial charge on any atom is -0.493 e. The Kier molecular flexibility index (Phi) is 2.23. The Morgan fingerprint density at radius 2 is 2.31 bits per heavy atom. The average Bonchev–Trinajstić information content (AvgIpc) is 2.82. The van der Waals surface area contributed by atoms with Crippen LogP contribution in [-0.2, 0) is 17.6 Å². The van der Waals surface area contributed by atoms with Crippen LogP contribution in [0.25, 0.3) is 0 Å². The molecular weight excluding hydrogens is 200 g/mol. The van der Waals surface area contributed by atoms with Crippen molar-refractivity contribution < 1.29 is 9.53 Å². The Bertz CT molecular complexity index is 448. The summed E-state index contributed by atoms with van der Waals surface area (Å²) in [7, 11) is 0. The molecule has 2 heteroatoms. The number of carbonyl (C=O) groups excluding carboxylic acids is 1. The van der Waals surface area contributed by atoms with E-state index in [2.05, 4.69) is 12.1 Å². The number of hydrogen-bond donors (Lipinski definition) is 0. The lowest BCUT2D eigenvalue weighted by Crippen LogP contribution is -2.03. The first kappa shape index (κ1) is 9.88. The Balaban J connectivity index is 2.03. The van der Waals surface area contributed by atoms with E-state index in [9.17, 15) is 4.79 Å². The van der Waals surface area contributed by atoms with E-state index >= 15 is 0 Å². The van der Waals surface area contributed by atoms with Gasteiger partial charge < -0.3 is 9.53 Å². The Morgan fingerprint density at radius 3 is 3.12 bits per heavy atom. The molecule has 0 N–H and O–H groups in total. The molecule has 0 spiro atoms. The van der Waals surface area contributed by atoms with Crippen LogP contribution in [0.15, 0.2) is 12.1 Å². The zero-order valence-electron chi connectivity index (χ0n) is 9.58. The first-order chi connectivity index (χ1) is 7.75. The van der Waals surface area contributed by atoms with Crippen molar-refractivity contribution in [3.63, 3.8) is 0 Å². The Labute approximate surface area is 95.6 Å². The second-order valence-corrected chi connectivity index (χ2v) is 4.86. The molecule has 1 heterocycles. The van der Waals surface area contributed by atoms with Crippen molar-refractivity contribution in [1.82, 2.24) is 0 Å². The Morgan fingerprint density at radius 1 is 1.44 bits per heavy atom. The number of fused-ring (bicyclic) bond motifs is 3. The lowest BCUT2D eigenvalue weighted by Gasteiger charge is -2.13. The van der Waals surface area contributed by atoms with Crippen LogP contribution in [0.2, 0.25) is 0 Å². The van der Waals surface area contributed by atoms with E-state index in [1.807, 2.05) is 0 Å². The maximum Gasteiger partial charge on any atom is 0.130 e. The van der Waals surface area contributed by atoms with Crippen molar-refractivity contribution in [2.45, 2.75) is 38.5 Å². The van der Waals surface area contributed by atoms with Gasteiger partial charge >= 0.3 is 0 Å². The van der Waals surface area contributed by atoms with Gasteiger partial charge in [0, 0.05) is 18.4 Å². The van der Waals surface area contributed by atoms with Gasteiger partial charge in [0.05, 0.1) is 6.61 Å². The predicted molar refractivity (Wildman–Crippen MR) is 62.0 cm³/mol. The highest BCUT2D eigenvalue weighted by Crippen LogP contribution is 2.43. The molecule has 1 atom stereocenters. The van der Waals surface area contributed by atoms with Crippen molar-refractivity contribution in [2.24, 2.45) is 0 Å². The predicted octanol–water partition coefficient (Wildman–Crippen LogP) is 2.63. The van der Waals surface area contributed by atoms with Gasteiger partial charge in [0.25, 0.3) is 0 Å². The molecule has 1 aromatic carbocycles. The number of aryl methyl sites for hydroxylation is 1. The second-order valence-electron chi connectivity index (χ2n) is 4.86. The molecule has 2 nitrogen and oxygen atoms in total. The number of hydrogen-bond acceptors (Lipinski definition) is 2. The molecule has 0 radical (unpaired) electrons. The number of Topliss-reactive ketones (excluding diaryl/α,β-unsaturated/α-hetero) is 1. The summed E-state index contributed by atoms with van der Waals surface area (Å²) in [6.45, 7) is 2.50. The molecule has 0 saturated carbocycles. The van der Waals surface area contributed by atoms with Gasteiger partial charge in [0.2, 0.25) is 0 Å². The van der Waals surface area contributed by atoms with Crippen LogP contribution in [0.1, 0.15) is 42.4 Å². The molecule has 2 aliphatic rings. The fourth-order valence-corrected chi connectivity index (χ4v) is 3.10. The van der Waals surface area contributed by atoms with Gasteiger partial charge in [-0.25, -0.2) is 0 Å². The van der Waals surface area contributed by atoms with Crippen molar-refractivity contribution in [1.29, 1.82) is 0 Å². The minimum absolute atomic E-state index is 0.300. The molecule has 16 heavy (non-hydrogen) atoms. The molecule has 0 fully saturated rings. The van der Waals surface area contributed by atoms with E-state index in [-0.39, 0.29) is 0 Å². The summed E-state index contributed by atoms with van der Waals surface area (Å²) in [6.07, 6.45) is 3.97. The first-order valence-corrected chi connectivity index (χ1v) is 6.02. The van der Waals surface area contributed by atoms with Crippen molar-refractivity contribution in [2.75, 3.05) is 6.61 Å². The molecule has 0 aromatic heterocycles. The highest BCUT2D eigenvalue weighted by molar-refractivity contribution is 5.77. The van der Waals surface area contributed by atoms with Gasteiger partial charge in [-0.3, -0.25) is 0 Å². The standard InChI is InChI=1S/C14H16O2/c1-9(15)8-11-3-2-10-4-5-13-12(14(10)11)6-7-16-13/h4-5,11H,2-3,6-8H2,1H3/t11-/m1/s1. The van der Waals surface area contributed by atoms with Crippen molar-refractivity contribution >= 4 is 5.78 Å². The van der Waals surface area contributed by atoms with Crippen LogP contribution < -0.4 is 4.74 Å². The van der Waals surface area contributed by atoms with E-state index in [4.69, 9.17) is 4.74 Å². The fourth-order valence-electron chi connectivity index (χ4n) is 3.10. The summed E-state index contributed by atoms with van der Waals surface area (Å²) >= 11 is 0. The maximum atomic E-state index is 11.3. The van der Waals surface area contributed by atoms with Crippen molar-refractivity contribution in [3.05, 3.63) is 28.8 Å². The topological polar surface area (TPSA) is 26.3 Å². The Hall–Kier alpha value is -1.31. The monoisotopic (exact) mass is 216 g/mol. The molecule has 0 bridgehead atoms. The van der Waals surface area contributed by atoms with Crippen LogP contribution in [0.4, 0.5) is 0 Å². The zero-order chi connectivity index (χ0) is 11.1. The summed E-state index contributed by atoms with van der Waals surface area (Å²) in [5, 5.41) is 0. The molecular formula is C14H16O2. The van der Waals surface area contributed by atoms with Crippen LogP contribution in [0.3, 0.4) is 0 Å². The third-order valence-electron chi connectivity index (χ3n) is 3.72. The summed E-state index contributed by atoms with van der Waals surface area (Å²) in [5.41, 5.74) is 4.25. The SMILES string of the molecule is CC(=O)C[C@H]1CCc2ccc3c(c21)CCO3. The fraction of sp³-hybridized carbons (Fsp3) is 0.500. The number of carbonyl (C=O) groups is 1. The van der Waals surface area contributed by atoms with E-state index in [0.29, 0.717) is 18.1 Å². The lowest BCUT2D eigenvalue weighted by atomic mass is 9.91. The van der Waals surface area contributed by atoms with Gasteiger partial charge in [0.1, 0.15) is 11.5 Å². The van der Waals surface area contributed by atoms with Gasteiger partial charge in [-0.1, -0.05) is 6.07 Å². The summed E-state index contributed by atoms with van der Waals surface area (Å²) in [4.78, 5) is 11.3. The smallest absolute Gasteiger partial charge is 0.130 e. The lowest BCUT2D eigenvalue weighted by molar-refractivity contribution is -0.117. The first-order valence-electron chi connectivity index (χ1n) is 6.02. The van der Waals surface area contributed by atoms with Crippen LogP contribution in [-0.4, -0.2) is 12.4 Å². The summed E-state index contributed by atoms with van der Waals surface area (Å²) in [6, 6.07) is 4.27. The molecule has 84 valence electrons. The second kappa shape index (κ2) is 3.62. The third kappa shape index (κ3) is 1.44. The summed E-state index contributed by atoms with van der Waals surface area (Å²) in [5.74, 6) is 1.80. The summed E-state index contributed by atoms with van der Waals surface area (Å²) < 4.78 is 5.59. The third-order valence-corrected chi connectivity index (χ3v) is 3.72. The largest absolute Gasteiger partial charge is 0.493 e. The highest BCUT2D eigenvalue weighted by atomic mass is 16.5.